The lowest BCUT2D eigenvalue weighted by atomic mass is 10.2. The zero-order chi connectivity index (χ0) is 21.3. The van der Waals surface area contributed by atoms with Crippen molar-refractivity contribution >= 4 is 35.2 Å². The molecule has 0 radical (unpaired) electrons. The topological polar surface area (TPSA) is 89.3 Å². The van der Waals surface area contributed by atoms with Crippen molar-refractivity contribution in [1.29, 1.82) is 0 Å². The number of thioether (sulfide) groups is 1. The van der Waals surface area contributed by atoms with Gasteiger partial charge in [-0.05, 0) is 24.3 Å². The lowest BCUT2D eigenvalue weighted by Gasteiger charge is -2.26. The highest BCUT2D eigenvalue weighted by molar-refractivity contribution is 7.99. The highest BCUT2D eigenvalue weighted by atomic mass is 35.5. The van der Waals surface area contributed by atoms with Crippen molar-refractivity contribution in [2.24, 2.45) is 0 Å². The molecule has 2 aromatic rings. The quantitative estimate of drug-likeness (QED) is 0.465. The molecule has 2 amide bonds. The number of hydrogen-bond donors (Lipinski definition) is 1. The molecule has 1 aliphatic rings. The van der Waals surface area contributed by atoms with E-state index in [1.807, 2.05) is 4.57 Å². The van der Waals surface area contributed by atoms with Crippen molar-refractivity contribution in [2.75, 3.05) is 38.6 Å². The number of amides is 2. The van der Waals surface area contributed by atoms with Gasteiger partial charge in [0.05, 0.1) is 19.0 Å². The van der Waals surface area contributed by atoms with Crippen LogP contribution in [-0.2, 0) is 22.5 Å². The molecule has 8 nitrogen and oxygen atoms in total. The standard InChI is InChI=1S/C20H24ClN5O3S/c1-2-9-26-17(7-8-22-19(28)15-3-5-16(21)6-4-15)23-24-20(26)30-14-18(27)25-10-12-29-13-11-25/h2-6H,1,7-14H2,(H,22,28). The molecule has 10 heteroatoms. The molecule has 1 aromatic carbocycles. The Kier molecular flexibility index (Phi) is 8.30. The summed E-state index contributed by atoms with van der Waals surface area (Å²) in [6, 6.07) is 6.72. The van der Waals surface area contributed by atoms with Crippen molar-refractivity contribution < 1.29 is 14.3 Å². The van der Waals surface area contributed by atoms with Gasteiger partial charge in [-0.1, -0.05) is 29.4 Å². The maximum atomic E-state index is 12.4. The summed E-state index contributed by atoms with van der Waals surface area (Å²) in [6.07, 6.45) is 2.27. The van der Waals surface area contributed by atoms with Gasteiger partial charge >= 0.3 is 0 Å². The first-order valence-electron chi connectivity index (χ1n) is 9.63. The second kappa shape index (κ2) is 11.1. The molecule has 160 valence electrons. The molecule has 0 saturated carbocycles. The first-order chi connectivity index (χ1) is 14.6. The molecule has 30 heavy (non-hydrogen) atoms. The van der Waals surface area contributed by atoms with E-state index in [1.54, 1.807) is 35.2 Å². The fourth-order valence-corrected chi connectivity index (χ4v) is 3.94. The van der Waals surface area contributed by atoms with E-state index < -0.39 is 0 Å². The van der Waals surface area contributed by atoms with Gasteiger partial charge in [-0.15, -0.1) is 16.8 Å². The number of rotatable bonds is 9. The lowest BCUT2D eigenvalue weighted by molar-refractivity contribution is -0.132. The second-order valence-corrected chi connectivity index (χ2v) is 7.97. The molecule has 0 atom stereocenters. The summed E-state index contributed by atoms with van der Waals surface area (Å²) in [7, 11) is 0. The van der Waals surface area contributed by atoms with E-state index in [9.17, 15) is 9.59 Å². The summed E-state index contributed by atoms with van der Waals surface area (Å²) >= 11 is 7.21. The Hall–Kier alpha value is -2.36. The number of halogens is 1. The Morgan fingerprint density at radius 3 is 2.67 bits per heavy atom. The summed E-state index contributed by atoms with van der Waals surface area (Å²) in [5.74, 6) is 0.913. The van der Waals surface area contributed by atoms with Crippen LogP contribution in [0.5, 0.6) is 0 Å². The minimum absolute atomic E-state index is 0.0632. The summed E-state index contributed by atoms with van der Waals surface area (Å²) in [4.78, 5) is 26.4. The molecule has 0 bridgehead atoms. The van der Waals surface area contributed by atoms with E-state index >= 15 is 0 Å². The van der Waals surface area contributed by atoms with E-state index in [-0.39, 0.29) is 11.8 Å². The minimum atomic E-state index is -0.174. The average Bonchev–Trinajstić information content (AvgIpc) is 3.15. The number of morpholine rings is 1. The van der Waals surface area contributed by atoms with Gasteiger partial charge in [-0.3, -0.25) is 9.59 Å². The molecular formula is C20H24ClN5O3S. The van der Waals surface area contributed by atoms with Crippen LogP contribution in [0.3, 0.4) is 0 Å². The van der Waals surface area contributed by atoms with Gasteiger partial charge < -0.3 is 19.5 Å². The number of nitrogens with zero attached hydrogens (tertiary/aromatic N) is 4. The van der Waals surface area contributed by atoms with Crippen molar-refractivity contribution in [2.45, 2.75) is 18.1 Å². The molecule has 1 N–H and O–H groups in total. The average molecular weight is 450 g/mol. The number of ether oxygens (including phenoxy) is 1. The van der Waals surface area contributed by atoms with Crippen LogP contribution in [0.1, 0.15) is 16.2 Å². The summed E-state index contributed by atoms with van der Waals surface area (Å²) < 4.78 is 7.20. The SMILES string of the molecule is C=CCn1c(CCNC(=O)c2ccc(Cl)cc2)nnc1SCC(=O)N1CCOCC1. The molecule has 1 aliphatic heterocycles. The fraction of sp³-hybridized carbons (Fsp3) is 0.400. The van der Waals surface area contributed by atoms with Gasteiger partial charge in [0, 0.05) is 43.2 Å². The summed E-state index contributed by atoms with van der Waals surface area (Å²) in [5, 5.41) is 12.6. The van der Waals surface area contributed by atoms with E-state index in [2.05, 4.69) is 22.1 Å². The monoisotopic (exact) mass is 449 g/mol. The first-order valence-corrected chi connectivity index (χ1v) is 11.0. The van der Waals surface area contributed by atoms with Crippen LogP contribution < -0.4 is 5.32 Å². The van der Waals surface area contributed by atoms with Crippen molar-refractivity contribution in [3.8, 4) is 0 Å². The third-order valence-corrected chi connectivity index (χ3v) is 5.74. The molecule has 0 aliphatic carbocycles. The van der Waals surface area contributed by atoms with Gasteiger partial charge in [0.1, 0.15) is 5.82 Å². The Labute approximate surface area is 184 Å². The van der Waals surface area contributed by atoms with Crippen LogP contribution in [0.15, 0.2) is 42.1 Å². The fourth-order valence-electron chi connectivity index (χ4n) is 2.94. The molecule has 2 heterocycles. The lowest BCUT2D eigenvalue weighted by Crippen LogP contribution is -2.41. The van der Waals surface area contributed by atoms with Gasteiger partial charge in [-0.2, -0.15) is 0 Å². The zero-order valence-corrected chi connectivity index (χ0v) is 18.1. The van der Waals surface area contributed by atoms with Crippen LogP contribution in [0.4, 0.5) is 0 Å². The normalized spacial score (nSPS) is 13.8. The molecular weight excluding hydrogens is 426 g/mol. The number of hydrogen-bond acceptors (Lipinski definition) is 6. The van der Waals surface area contributed by atoms with Crippen LogP contribution in [0.2, 0.25) is 5.02 Å². The zero-order valence-electron chi connectivity index (χ0n) is 16.6. The smallest absolute Gasteiger partial charge is 0.251 e. The number of benzene rings is 1. The second-order valence-electron chi connectivity index (χ2n) is 6.59. The van der Waals surface area contributed by atoms with E-state index in [1.165, 1.54) is 11.8 Å². The van der Waals surface area contributed by atoms with Gasteiger partial charge in [0.15, 0.2) is 5.16 Å². The van der Waals surface area contributed by atoms with Gasteiger partial charge in [-0.25, -0.2) is 0 Å². The largest absolute Gasteiger partial charge is 0.378 e. The van der Waals surface area contributed by atoms with Crippen LogP contribution in [0.25, 0.3) is 0 Å². The third kappa shape index (κ3) is 6.07. The van der Waals surface area contributed by atoms with Gasteiger partial charge in [0.25, 0.3) is 5.91 Å². The summed E-state index contributed by atoms with van der Waals surface area (Å²) in [6.45, 7) is 7.13. The van der Waals surface area contributed by atoms with E-state index in [0.29, 0.717) is 67.3 Å². The van der Waals surface area contributed by atoms with E-state index in [4.69, 9.17) is 16.3 Å². The molecule has 0 unspecified atom stereocenters. The summed E-state index contributed by atoms with van der Waals surface area (Å²) in [5.41, 5.74) is 0.546. The molecule has 0 spiro atoms. The highest BCUT2D eigenvalue weighted by Crippen LogP contribution is 2.18. The van der Waals surface area contributed by atoms with Gasteiger partial charge in [0.2, 0.25) is 5.91 Å². The van der Waals surface area contributed by atoms with E-state index in [0.717, 1.165) is 5.82 Å². The predicted octanol–water partition coefficient (Wildman–Crippen LogP) is 2.04. The molecule has 1 fully saturated rings. The highest BCUT2D eigenvalue weighted by Gasteiger charge is 2.19. The maximum absolute atomic E-state index is 12.4. The Morgan fingerprint density at radius 2 is 1.97 bits per heavy atom. The number of nitrogens with one attached hydrogen (secondary N) is 1. The Bertz CT molecular complexity index is 881. The Morgan fingerprint density at radius 1 is 1.23 bits per heavy atom. The van der Waals surface area contributed by atoms with Crippen molar-refractivity contribution in [3.05, 3.63) is 53.3 Å². The maximum Gasteiger partial charge on any atom is 0.251 e. The van der Waals surface area contributed by atoms with Crippen LogP contribution in [-0.4, -0.2) is 70.1 Å². The number of carbonyl (C=O) groups is 2. The number of carbonyl (C=O) groups excluding carboxylic acids is 2. The first kappa shape index (κ1) is 22.3. The Balaban J connectivity index is 1.54. The minimum Gasteiger partial charge on any atom is -0.378 e. The van der Waals surface area contributed by atoms with Crippen molar-refractivity contribution in [3.63, 3.8) is 0 Å². The third-order valence-electron chi connectivity index (χ3n) is 4.53. The van der Waals surface area contributed by atoms with Crippen LogP contribution >= 0.6 is 23.4 Å². The van der Waals surface area contributed by atoms with Crippen LogP contribution in [0, 0.1) is 0 Å². The van der Waals surface area contributed by atoms with Crippen molar-refractivity contribution in [1.82, 2.24) is 25.0 Å². The molecule has 1 aromatic heterocycles. The predicted molar refractivity (Wildman–Crippen MR) is 116 cm³/mol. The molecule has 3 rings (SSSR count). The number of allylic oxidation sites excluding steroid dienone is 1. The number of aromatic nitrogens is 3. The molecule has 1 saturated heterocycles.